The number of rotatable bonds is 5. The van der Waals surface area contributed by atoms with Crippen molar-refractivity contribution in [2.75, 3.05) is 0 Å². The van der Waals surface area contributed by atoms with Gasteiger partial charge in [-0.2, -0.15) is 0 Å². The molecule has 0 saturated heterocycles. The molecule has 0 aliphatic heterocycles. The fourth-order valence-corrected chi connectivity index (χ4v) is 9.01. The first kappa shape index (κ1) is 30.8. The maximum Gasteiger partial charge on any atom is 0.0542 e. The zero-order valence-electron chi connectivity index (χ0n) is 30.2. The number of para-hydroxylation sites is 4. The Morgan fingerprint density at radius 2 is 0.593 bits per heavy atom. The smallest absolute Gasteiger partial charge is 0.0542 e. The van der Waals surface area contributed by atoms with E-state index in [0.29, 0.717) is 0 Å². The van der Waals surface area contributed by atoms with E-state index in [1.807, 2.05) is 0 Å². The van der Waals surface area contributed by atoms with E-state index >= 15 is 0 Å². The summed E-state index contributed by atoms with van der Waals surface area (Å²) >= 11 is 0. The molecule has 0 bridgehead atoms. The van der Waals surface area contributed by atoms with E-state index in [0.717, 1.165) is 17.1 Å². The molecule has 11 rings (SSSR count). The lowest BCUT2D eigenvalue weighted by Gasteiger charge is -2.26. The monoisotopic (exact) mass is 691 g/mol. The van der Waals surface area contributed by atoms with Crippen molar-refractivity contribution >= 4 is 65.4 Å². The first-order valence-electron chi connectivity index (χ1n) is 18.8. The SMILES string of the molecule is CC(C)(c1ccccc1)c1ccc(-n2c3ccc(-n4c5ccccc5c5ccccc54)cc3c3cc(-n4c5ccccc5c5ccccc54)ccc32)cc1. The van der Waals surface area contributed by atoms with Crippen molar-refractivity contribution in [1.29, 1.82) is 0 Å². The summed E-state index contributed by atoms with van der Waals surface area (Å²) in [6, 6.07) is 69.0. The highest BCUT2D eigenvalue weighted by Crippen LogP contribution is 2.40. The molecule has 256 valence electrons. The van der Waals surface area contributed by atoms with Gasteiger partial charge in [0.1, 0.15) is 0 Å². The summed E-state index contributed by atoms with van der Waals surface area (Å²) in [6.07, 6.45) is 0. The van der Waals surface area contributed by atoms with Gasteiger partial charge in [-0.15, -0.1) is 0 Å². The predicted octanol–water partition coefficient (Wildman–Crippen LogP) is 13.3. The van der Waals surface area contributed by atoms with Gasteiger partial charge < -0.3 is 13.7 Å². The number of fused-ring (bicyclic) bond motifs is 9. The highest BCUT2D eigenvalue weighted by molar-refractivity contribution is 6.14. The van der Waals surface area contributed by atoms with E-state index in [-0.39, 0.29) is 5.41 Å². The molecule has 11 aromatic rings. The Balaban J connectivity index is 1.17. The van der Waals surface area contributed by atoms with Crippen LogP contribution in [-0.2, 0) is 5.41 Å². The molecule has 0 unspecified atom stereocenters. The third-order valence-corrected chi connectivity index (χ3v) is 11.8. The van der Waals surface area contributed by atoms with E-state index in [1.165, 1.54) is 76.5 Å². The third-order valence-electron chi connectivity index (χ3n) is 11.8. The molecule has 3 heteroatoms. The Hall–Kier alpha value is -6.84. The second-order valence-electron chi connectivity index (χ2n) is 15.0. The van der Waals surface area contributed by atoms with Crippen molar-refractivity contribution in [3.8, 4) is 17.1 Å². The zero-order chi connectivity index (χ0) is 36.0. The standard InChI is InChI=1S/C51H37N3/c1-51(2,34-14-4-3-5-15-34)35-24-26-36(27-25-35)52-49-30-28-37(53-45-20-10-6-16-39(45)40-17-7-11-21-46(40)53)32-43(49)44-33-38(29-31-50(44)52)54-47-22-12-8-18-41(47)42-19-9-13-23-48(42)54/h3-33H,1-2H3. The maximum atomic E-state index is 2.44. The minimum absolute atomic E-state index is 0.116. The quantitative estimate of drug-likeness (QED) is 0.171. The lowest BCUT2D eigenvalue weighted by molar-refractivity contribution is 0.641. The molecule has 0 saturated carbocycles. The molecule has 54 heavy (non-hydrogen) atoms. The van der Waals surface area contributed by atoms with Gasteiger partial charge in [0.15, 0.2) is 0 Å². The molecule has 3 aromatic heterocycles. The molecule has 0 radical (unpaired) electrons. The van der Waals surface area contributed by atoms with E-state index in [2.05, 4.69) is 216 Å². The van der Waals surface area contributed by atoms with E-state index in [4.69, 9.17) is 0 Å². The molecule has 0 atom stereocenters. The van der Waals surface area contributed by atoms with Crippen molar-refractivity contribution in [2.24, 2.45) is 0 Å². The van der Waals surface area contributed by atoms with Gasteiger partial charge >= 0.3 is 0 Å². The number of nitrogens with zero attached hydrogens (tertiary/aromatic N) is 3. The van der Waals surface area contributed by atoms with Crippen molar-refractivity contribution in [3.05, 3.63) is 199 Å². The van der Waals surface area contributed by atoms with Gasteiger partial charge in [-0.1, -0.05) is 129 Å². The van der Waals surface area contributed by atoms with E-state index in [1.54, 1.807) is 0 Å². The van der Waals surface area contributed by atoms with Crippen molar-refractivity contribution in [3.63, 3.8) is 0 Å². The molecule has 3 heterocycles. The highest BCUT2D eigenvalue weighted by Gasteiger charge is 2.24. The van der Waals surface area contributed by atoms with Crippen LogP contribution in [0.2, 0.25) is 0 Å². The summed E-state index contributed by atoms with van der Waals surface area (Å²) in [4.78, 5) is 0. The van der Waals surface area contributed by atoms with Crippen LogP contribution in [0.1, 0.15) is 25.0 Å². The van der Waals surface area contributed by atoms with Crippen LogP contribution >= 0.6 is 0 Å². The summed E-state index contributed by atoms with van der Waals surface area (Å²) < 4.78 is 7.28. The highest BCUT2D eigenvalue weighted by atomic mass is 15.0. The number of benzene rings is 8. The van der Waals surface area contributed by atoms with Crippen LogP contribution in [0.15, 0.2) is 188 Å². The molecule has 0 aliphatic carbocycles. The molecule has 3 nitrogen and oxygen atoms in total. The molecule has 0 N–H and O–H groups in total. The largest absolute Gasteiger partial charge is 0.309 e. The Morgan fingerprint density at radius 1 is 0.278 bits per heavy atom. The van der Waals surface area contributed by atoms with Crippen LogP contribution in [0.3, 0.4) is 0 Å². The lowest BCUT2D eigenvalue weighted by atomic mass is 9.78. The van der Waals surface area contributed by atoms with E-state index in [9.17, 15) is 0 Å². The van der Waals surface area contributed by atoms with Crippen LogP contribution in [0.4, 0.5) is 0 Å². The maximum absolute atomic E-state index is 2.44. The van der Waals surface area contributed by atoms with Crippen LogP contribution in [-0.4, -0.2) is 13.7 Å². The van der Waals surface area contributed by atoms with Gasteiger partial charge in [-0.05, 0) is 83.9 Å². The lowest BCUT2D eigenvalue weighted by Crippen LogP contribution is -2.18. The molecule has 0 fully saturated rings. The van der Waals surface area contributed by atoms with Crippen molar-refractivity contribution in [2.45, 2.75) is 19.3 Å². The molecule has 0 aliphatic rings. The Morgan fingerprint density at radius 3 is 1.02 bits per heavy atom. The van der Waals surface area contributed by atoms with Crippen LogP contribution in [0, 0.1) is 0 Å². The van der Waals surface area contributed by atoms with Gasteiger partial charge in [0.2, 0.25) is 0 Å². The topological polar surface area (TPSA) is 14.8 Å². The van der Waals surface area contributed by atoms with E-state index < -0.39 is 0 Å². The number of hydrogen-bond donors (Lipinski definition) is 0. The summed E-state index contributed by atoms with van der Waals surface area (Å²) in [5.41, 5.74) is 13.2. The summed E-state index contributed by atoms with van der Waals surface area (Å²) in [5.74, 6) is 0. The summed E-state index contributed by atoms with van der Waals surface area (Å²) in [7, 11) is 0. The average molecular weight is 692 g/mol. The average Bonchev–Trinajstić information content (AvgIpc) is 3.86. The second-order valence-corrected chi connectivity index (χ2v) is 15.0. The Bertz CT molecular complexity index is 2950. The van der Waals surface area contributed by atoms with Gasteiger partial charge in [0, 0.05) is 54.8 Å². The molecule has 8 aromatic carbocycles. The summed E-state index contributed by atoms with van der Waals surface area (Å²) in [5, 5.41) is 7.51. The molecule has 0 amide bonds. The van der Waals surface area contributed by atoms with Gasteiger partial charge in [0.05, 0.1) is 33.1 Å². The van der Waals surface area contributed by atoms with Gasteiger partial charge in [0.25, 0.3) is 0 Å². The Kier molecular flexibility index (Phi) is 6.60. The van der Waals surface area contributed by atoms with Gasteiger partial charge in [-0.25, -0.2) is 0 Å². The second kappa shape index (κ2) is 11.6. The molecule has 0 spiro atoms. The Labute approximate surface area is 313 Å². The fourth-order valence-electron chi connectivity index (χ4n) is 9.01. The van der Waals surface area contributed by atoms with Crippen molar-refractivity contribution < 1.29 is 0 Å². The number of aromatic nitrogens is 3. The van der Waals surface area contributed by atoms with Crippen LogP contribution in [0.25, 0.3) is 82.5 Å². The van der Waals surface area contributed by atoms with Crippen LogP contribution < -0.4 is 0 Å². The molecular weight excluding hydrogens is 655 g/mol. The third kappa shape index (κ3) is 4.42. The van der Waals surface area contributed by atoms with Gasteiger partial charge in [-0.3, -0.25) is 0 Å². The minimum atomic E-state index is -0.116. The minimum Gasteiger partial charge on any atom is -0.309 e. The predicted molar refractivity (Wildman–Crippen MR) is 228 cm³/mol. The first-order valence-corrected chi connectivity index (χ1v) is 18.8. The zero-order valence-corrected chi connectivity index (χ0v) is 30.2. The summed E-state index contributed by atoms with van der Waals surface area (Å²) in [6.45, 7) is 4.62. The van der Waals surface area contributed by atoms with Crippen molar-refractivity contribution in [1.82, 2.24) is 13.7 Å². The molecular formula is C51H37N3. The van der Waals surface area contributed by atoms with Crippen LogP contribution in [0.5, 0.6) is 0 Å². The number of hydrogen-bond acceptors (Lipinski definition) is 0. The fraction of sp³-hybridized carbons (Fsp3) is 0.0588. The first-order chi connectivity index (χ1) is 26.6. The normalized spacial score (nSPS) is 12.3.